The van der Waals surface area contributed by atoms with Crippen molar-refractivity contribution in [3.8, 4) is 34.1 Å². The molecule has 3 aromatic rings. The first kappa shape index (κ1) is 15.7. The van der Waals surface area contributed by atoms with Crippen molar-refractivity contribution >= 4 is 11.6 Å². The van der Waals surface area contributed by atoms with Gasteiger partial charge in [-0.1, -0.05) is 30.3 Å². The number of aromatic hydroxyl groups is 4. The average molecular weight is 348 g/mol. The van der Waals surface area contributed by atoms with Crippen molar-refractivity contribution < 1.29 is 30.0 Å². The minimum absolute atomic E-state index is 0.0356. The van der Waals surface area contributed by atoms with Crippen LogP contribution in [0.15, 0.2) is 48.5 Å². The number of hydrogen-bond acceptors (Lipinski definition) is 6. The van der Waals surface area contributed by atoms with E-state index in [1.807, 2.05) is 0 Å². The van der Waals surface area contributed by atoms with Crippen LogP contribution >= 0.6 is 0 Å². The van der Waals surface area contributed by atoms with E-state index in [2.05, 4.69) is 0 Å². The molecule has 0 radical (unpaired) electrons. The number of phenols is 4. The first-order chi connectivity index (χ1) is 12.4. The Morgan fingerprint density at radius 2 is 1.23 bits per heavy atom. The van der Waals surface area contributed by atoms with E-state index in [-0.39, 0.29) is 39.1 Å². The molecule has 0 spiro atoms. The molecule has 0 saturated heterocycles. The molecule has 0 aromatic heterocycles. The van der Waals surface area contributed by atoms with Crippen LogP contribution in [0.25, 0.3) is 11.1 Å². The second-order valence-electron chi connectivity index (χ2n) is 5.95. The highest BCUT2D eigenvalue weighted by Crippen LogP contribution is 2.45. The normalized spacial score (nSPS) is 12.6. The monoisotopic (exact) mass is 348 g/mol. The van der Waals surface area contributed by atoms with Gasteiger partial charge in [-0.15, -0.1) is 0 Å². The standard InChI is InChI=1S/C20H12O6/c21-14-6-5-9(7-15(14)22)12-8-13-16(20(26)19(12)25)18(24)11-4-2-1-3-10(11)17(13)23/h1-8,21-22,25-26H. The molecule has 0 unspecified atom stereocenters. The first-order valence-electron chi connectivity index (χ1n) is 7.70. The highest BCUT2D eigenvalue weighted by Gasteiger charge is 2.34. The number of carbonyl (C=O) groups excluding carboxylic acids is 2. The van der Waals surface area contributed by atoms with Gasteiger partial charge in [-0.25, -0.2) is 0 Å². The van der Waals surface area contributed by atoms with Crippen LogP contribution in [0, 0.1) is 0 Å². The lowest BCUT2D eigenvalue weighted by Gasteiger charge is -2.20. The Morgan fingerprint density at radius 3 is 1.88 bits per heavy atom. The summed E-state index contributed by atoms with van der Waals surface area (Å²) in [5.74, 6) is -3.06. The summed E-state index contributed by atoms with van der Waals surface area (Å²) in [5, 5.41) is 39.9. The van der Waals surface area contributed by atoms with E-state index in [0.717, 1.165) is 0 Å². The van der Waals surface area contributed by atoms with Gasteiger partial charge in [-0.05, 0) is 23.8 Å². The fourth-order valence-corrected chi connectivity index (χ4v) is 3.14. The molecule has 3 aromatic carbocycles. The van der Waals surface area contributed by atoms with E-state index < -0.39 is 28.8 Å². The van der Waals surface area contributed by atoms with E-state index in [0.29, 0.717) is 0 Å². The van der Waals surface area contributed by atoms with Crippen molar-refractivity contribution in [1.29, 1.82) is 0 Å². The number of carbonyl (C=O) groups is 2. The van der Waals surface area contributed by atoms with Crippen molar-refractivity contribution in [2.24, 2.45) is 0 Å². The Morgan fingerprint density at radius 1 is 0.577 bits per heavy atom. The zero-order chi connectivity index (χ0) is 18.6. The molecular formula is C20H12O6. The lowest BCUT2D eigenvalue weighted by Crippen LogP contribution is -2.21. The molecule has 0 aliphatic heterocycles. The zero-order valence-corrected chi connectivity index (χ0v) is 13.2. The number of hydrogen-bond donors (Lipinski definition) is 4. The van der Waals surface area contributed by atoms with Gasteiger partial charge in [0.2, 0.25) is 0 Å². The molecule has 4 rings (SSSR count). The van der Waals surface area contributed by atoms with Crippen LogP contribution in [0.1, 0.15) is 31.8 Å². The third-order valence-electron chi connectivity index (χ3n) is 4.45. The van der Waals surface area contributed by atoms with Gasteiger partial charge in [-0.2, -0.15) is 0 Å². The van der Waals surface area contributed by atoms with E-state index in [1.54, 1.807) is 12.1 Å². The fourth-order valence-electron chi connectivity index (χ4n) is 3.14. The van der Waals surface area contributed by atoms with Gasteiger partial charge in [0.25, 0.3) is 0 Å². The lowest BCUT2D eigenvalue weighted by molar-refractivity contribution is 0.0976. The van der Waals surface area contributed by atoms with Crippen molar-refractivity contribution in [3.05, 3.63) is 70.8 Å². The zero-order valence-electron chi connectivity index (χ0n) is 13.2. The summed E-state index contributed by atoms with van der Waals surface area (Å²) in [4.78, 5) is 25.5. The summed E-state index contributed by atoms with van der Waals surface area (Å²) in [6.45, 7) is 0. The second-order valence-corrected chi connectivity index (χ2v) is 5.95. The summed E-state index contributed by atoms with van der Waals surface area (Å²) < 4.78 is 0. The number of ketones is 2. The molecule has 0 atom stereocenters. The van der Waals surface area contributed by atoms with Crippen molar-refractivity contribution in [2.45, 2.75) is 0 Å². The molecule has 128 valence electrons. The first-order valence-corrected chi connectivity index (χ1v) is 7.70. The number of benzene rings is 3. The van der Waals surface area contributed by atoms with E-state index in [1.165, 1.54) is 36.4 Å². The third-order valence-corrected chi connectivity index (χ3v) is 4.45. The van der Waals surface area contributed by atoms with E-state index >= 15 is 0 Å². The van der Waals surface area contributed by atoms with Crippen LogP contribution in [0.3, 0.4) is 0 Å². The number of phenolic OH excluding ortho intramolecular Hbond substituents is 4. The van der Waals surface area contributed by atoms with Crippen LogP contribution in [0.5, 0.6) is 23.0 Å². The third kappa shape index (κ3) is 2.05. The van der Waals surface area contributed by atoms with Gasteiger partial charge >= 0.3 is 0 Å². The van der Waals surface area contributed by atoms with Gasteiger partial charge in [0.1, 0.15) is 0 Å². The van der Waals surface area contributed by atoms with Crippen LogP contribution in [0.4, 0.5) is 0 Å². The van der Waals surface area contributed by atoms with Crippen LogP contribution in [0.2, 0.25) is 0 Å². The second kappa shape index (κ2) is 5.35. The molecule has 0 heterocycles. The minimum Gasteiger partial charge on any atom is -0.504 e. The molecular weight excluding hydrogens is 336 g/mol. The maximum Gasteiger partial charge on any atom is 0.198 e. The van der Waals surface area contributed by atoms with E-state index in [9.17, 15) is 30.0 Å². The highest BCUT2D eigenvalue weighted by atomic mass is 16.3. The minimum atomic E-state index is -0.696. The Balaban J connectivity index is 2.00. The number of rotatable bonds is 1. The molecule has 0 bridgehead atoms. The van der Waals surface area contributed by atoms with Gasteiger partial charge in [0.15, 0.2) is 34.6 Å². The molecule has 1 aliphatic rings. The maximum absolute atomic E-state index is 12.8. The fraction of sp³-hybridized carbons (Fsp3) is 0. The molecule has 0 amide bonds. The predicted molar refractivity (Wildman–Crippen MR) is 91.8 cm³/mol. The van der Waals surface area contributed by atoms with Gasteiger partial charge in [-0.3, -0.25) is 9.59 Å². The van der Waals surface area contributed by atoms with Crippen LogP contribution in [-0.2, 0) is 0 Å². The summed E-state index contributed by atoms with van der Waals surface area (Å²) >= 11 is 0. The topological polar surface area (TPSA) is 115 Å². The van der Waals surface area contributed by atoms with Gasteiger partial charge < -0.3 is 20.4 Å². The quantitative estimate of drug-likeness (QED) is 0.393. The predicted octanol–water partition coefficient (Wildman–Crippen LogP) is 2.95. The van der Waals surface area contributed by atoms with Crippen molar-refractivity contribution in [3.63, 3.8) is 0 Å². The average Bonchev–Trinajstić information content (AvgIpc) is 2.64. The summed E-state index contributed by atoms with van der Waals surface area (Å²) in [5.41, 5.74) is 0.404. The number of fused-ring (bicyclic) bond motifs is 2. The molecule has 6 heteroatoms. The lowest BCUT2D eigenvalue weighted by atomic mass is 9.82. The summed E-state index contributed by atoms with van der Waals surface area (Å²) in [6, 6.07) is 11.3. The molecule has 1 aliphatic carbocycles. The maximum atomic E-state index is 12.8. The van der Waals surface area contributed by atoms with Gasteiger partial charge in [0, 0.05) is 22.3 Å². The Kier molecular flexibility index (Phi) is 3.23. The highest BCUT2D eigenvalue weighted by molar-refractivity contribution is 6.30. The summed E-state index contributed by atoms with van der Waals surface area (Å²) in [7, 11) is 0. The SMILES string of the molecule is O=C1c2ccccc2C(=O)c2c1cc(-c1ccc(O)c(O)c1)c(O)c2O. The molecule has 4 N–H and O–H groups in total. The Bertz CT molecular complexity index is 1110. The molecule has 26 heavy (non-hydrogen) atoms. The Labute approximate surface area is 147 Å². The van der Waals surface area contributed by atoms with E-state index in [4.69, 9.17) is 0 Å². The van der Waals surface area contributed by atoms with Gasteiger partial charge in [0.05, 0.1) is 5.56 Å². The van der Waals surface area contributed by atoms with Crippen molar-refractivity contribution in [2.75, 3.05) is 0 Å². The smallest absolute Gasteiger partial charge is 0.198 e. The molecule has 6 nitrogen and oxygen atoms in total. The molecule has 0 fully saturated rings. The summed E-state index contributed by atoms with van der Waals surface area (Å²) in [6.07, 6.45) is 0. The van der Waals surface area contributed by atoms with Crippen molar-refractivity contribution in [1.82, 2.24) is 0 Å². The van der Waals surface area contributed by atoms with Crippen LogP contribution in [-0.4, -0.2) is 32.0 Å². The van der Waals surface area contributed by atoms with Crippen LogP contribution < -0.4 is 0 Å². The largest absolute Gasteiger partial charge is 0.504 e. The Hall–Kier alpha value is -3.80. The molecule has 0 saturated carbocycles.